The molecule has 30 heavy (non-hydrogen) atoms. The van der Waals surface area contributed by atoms with E-state index < -0.39 is 27.9 Å². The van der Waals surface area contributed by atoms with Crippen molar-refractivity contribution >= 4 is 33.5 Å². The molecule has 1 saturated carbocycles. The molecule has 0 heterocycles. The summed E-state index contributed by atoms with van der Waals surface area (Å²) in [4.78, 5) is 24.9. The van der Waals surface area contributed by atoms with E-state index in [1.165, 1.54) is 19.2 Å². The fourth-order valence-corrected chi connectivity index (χ4v) is 4.39. The molecule has 2 aromatic rings. The van der Waals surface area contributed by atoms with Crippen LogP contribution in [0.25, 0.3) is 0 Å². The number of benzene rings is 2. The normalized spacial score (nSPS) is 14.8. The van der Waals surface area contributed by atoms with Crippen molar-refractivity contribution in [2.24, 2.45) is 0 Å². The SMILES string of the molecule is COC(=O)CC(NC(=O)c1cc(S(=O)(=O)NC2CC2)ccc1C)c1ccc(Cl)cc1. The summed E-state index contributed by atoms with van der Waals surface area (Å²) in [6.45, 7) is 1.72. The Labute approximate surface area is 180 Å². The molecule has 2 N–H and O–H groups in total. The topological polar surface area (TPSA) is 102 Å². The zero-order chi connectivity index (χ0) is 21.9. The first-order valence-electron chi connectivity index (χ1n) is 9.45. The molecular formula is C21H23ClN2O5S. The monoisotopic (exact) mass is 450 g/mol. The van der Waals surface area contributed by atoms with Crippen LogP contribution in [0.2, 0.25) is 5.02 Å². The van der Waals surface area contributed by atoms with E-state index in [4.69, 9.17) is 16.3 Å². The number of hydrogen-bond donors (Lipinski definition) is 2. The molecule has 1 atom stereocenters. The number of rotatable bonds is 8. The maximum absolute atomic E-state index is 13.0. The van der Waals surface area contributed by atoms with E-state index in [0.29, 0.717) is 16.1 Å². The lowest BCUT2D eigenvalue weighted by Crippen LogP contribution is -2.31. The maximum atomic E-state index is 13.0. The van der Waals surface area contributed by atoms with Crippen molar-refractivity contribution in [3.8, 4) is 0 Å². The highest BCUT2D eigenvalue weighted by Crippen LogP contribution is 2.24. The Morgan fingerprint density at radius 2 is 1.83 bits per heavy atom. The molecule has 0 aromatic heterocycles. The van der Waals surface area contributed by atoms with E-state index in [0.717, 1.165) is 12.8 Å². The smallest absolute Gasteiger partial charge is 0.307 e. The van der Waals surface area contributed by atoms with Gasteiger partial charge in [0.1, 0.15) is 0 Å². The molecule has 160 valence electrons. The number of nitrogens with one attached hydrogen (secondary N) is 2. The molecule has 7 nitrogen and oxygen atoms in total. The van der Waals surface area contributed by atoms with Crippen molar-refractivity contribution in [1.82, 2.24) is 10.0 Å². The van der Waals surface area contributed by atoms with Crippen LogP contribution in [0.1, 0.15) is 46.8 Å². The summed E-state index contributed by atoms with van der Waals surface area (Å²) >= 11 is 5.93. The predicted octanol–water partition coefficient (Wildman–Crippen LogP) is 3.12. The summed E-state index contributed by atoms with van der Waals surface area (Å²) < 4.78 is 32.4. The van der Waals surface area contributed by atoms with Gasteiger partial charge in [-0.15, -0.1) is 0 Å². The van der Waals surface area contributed by atoms with Crippen LogP contribution in [0.5, 0.6) is 0 Å². The molecule has 0 radical (unpaired) electrons. The van der Waals surface area contributed by atoms with E-state index in [-0.39, 0.29) is 22.9 Å². The van der Waals surface area contributed by atoms with E-state index in [2.05, 4.69) is 10.0 Å². The Hall–Kier alpha value is -2.42. The summed E-state index contributed by atoms with van der Waals surface area (Å²) in [5.41, 5.74) is 1.51. The summed E-state index contributed by atoms with van der Waals surface area (Å²) in [5, 5.41) is 3.34. The first-order chi connectivity index (χ1) is 14.2. The maximum Gasteiger partial charge on any atom is 0.307 e. The zero-order valence-corrected chi connectivity index (χ0v) is 18.2. The highest BCUT2D eigenvalue weighted by molar-refractivity contribution is 7.89. The summed E-state index contributed by atoms with van der Waals surface area (Å²) in [7, 11) is -2.42. The highest BCUT2D eigenvalue weighted by Gasteiger charge is 2.29. The number of amides is 1. The number of carbonyl (C=O) groups excluding carboxylic acids is 2. The minimum Gasteiger partial charge on any atom is -0.469 e. The van der Waals surface area contributed by atoms with Gasteiger partial charge in [-0.1, -0.05) is 29.8 Å². The van der Waals surface area contributed by atoms with E-state index in [1.807, 2.05) is 0 Å². The molecule has 9 heteroatoms. The minimum atomic E-state index is -3.70. The van der Waals surface area contributed by atoms with Gasteiger partial charge in [0.15, 0.2) is 0 Å². The Morgan fingerprint density at radius 3 is 2.43 bits per heavy atom. The standard InChI is InChI=1S/C21H23ClN2O5S/c1-13-3-10-17(30(27,28)24-16-8-9-16)11-18(13)21(26)23-19(12-20(25)29-2)14-4-6-15(22)7-5-14/h3-7,10-11,16,19,24H,8-9,12H2,1-2H3,(H,23,26). The molecule has 2 aromatic carbocycles. The van der Waals surface area contributed by atoms with Crippen LogP contribution >= 0.6 is 11.6 Å². The predicted molar refractivity (Wildman–Crippen MR) is 113 cm³/mol. The third-order valence-corrected chi connectivity index (χ3v) is 6.61. The molecule has 0 saturated heterocycles. The van der Waals surface area contributed by atoms with Crippen LogP contribution < -0.4 is 10.0 Å². The van der Waals surface area contributed by atoms with Crippen LogP contribution in [0.4, 0.5) is 0 Å². The number of esters is 1. The number of ether oxygens (including phenoxy) is 1. The van der Waals surface area contributed by atoms with Gasteiger partial charge in [0.2, 0.25) is 10.0 Å². The van der Waals surface area contributed by atoms with Gasteiger partial charge in [0, 0.05) is 16.6 Å². The van der Waals surface area contributed by atoms with Crippen molar-refractivity contribution in [3.05, 3.63) is 64.2 Å². The van der Waals surface area contributed by atoms with Gasteiger partial charge in [0.05, 0.1) is 24.5 Å². The molecule has 1 aliphatic carbocycles. The van der Waals surface area contributed by atoms with Crippen LogP contribution in [0.3, 0.4) is 0 Å². The molecule has 3 rings (SSSR count). The molecule has 0 bridgehead atoms. The minimum absolute atomic E-state index is 0.0289. The quantitative estimate of drug-likeness (QED) is 0.601. The van der Waals surface area contributed by atoms with Crippen molar-refractivity contribution in [2.75, 3.05) is 7.11 Å². The summed E-state index contributed by atoms with van der Waals surface area (Å²) in [5.74, 6) is -0.975. The lowest BCUT2D eigenvalue weighted by atomic mass is 10.0. The highest BCUT2D eigenvalue weighted by atomic mass is 35.5. The largest absolute Gasteiger partial charge is 0.469 e. The lowest BCUT2D eigenvalue weighted by molar-refractivity contribution is -0.141. The van der Waals surface area contributed by atoms with Crippen molar-refractivity contribution < 1.29 is 22.7 Å². The fraction of sp³-hybridized carbons (Fsp3) is 0.333. The first kappa shape index (κ1) is 22.3. The molecule has 1 unspecified atom stereocenters. The van der Waals surface area contributed by atoms with E-state index >= 15 is 0 Å². The van der Waals surface area contributed by atoms with Gasteiger partial charge in [-0.05, 0) is 55.2 Å². The number of hydrogen-bond acceptors (Lipinski definition) is 5. The first-order valence-corrected chi connectivity index (χ1v) is 11.3. The zero-order valence-electron chi connectivity index (χ0n) is 16.6. The molecular weight excluding hydrogens is 428 g/mol. The number of carbonyl (C=O) groups is 2. The van der Waals surface area contributed by atoms with Crippen molar-refractivity contribution in [2.45, 2.75) is 43.2 Å². The van der Waals surface area contributed by atoms with Gasteiger partial charge in [0.25, 0.3) is 5.91 Å². The summed E-state index contributed by atoms with van der Waals surface area (Å²) in [6.07, 6.45) is 1.55. The summed E-state index contributed by atoms with van der Waals surface area (Å²) in [6, 6.07) is 10.5. The lowest BCUT2D eigenvalue weighted by Gasteiger charge is -2.19. The second-order valence-corrected chi connectivity index (χ2v) is 9.38. The third-order valence-electron chi connectivity index (χ3n) is 4.84. The average molecular weight is 451 g/mol. The van der Waals surface area contributed by atoms with Gasteiger partial charge < -0.3 is 10.1 Å². The number of aryl methyl sites for hydroxylation is 1. The van der Waals surface area contributed by atoms with Gasteiger partial charge in [-0.2, -0.15) is 0 Å². The molecule has 1 amide bonds. The van der Waals surface area contributed by atoms with Gasteiger partial charge in [-0.3, -0.25) is 9.59 Å². The average Bonchev–Trinajstić information content (AvgIpc) is 3.51. The van der Waals surface area contributed by atoms with Gasteiger partial charge in [-0.25, -0.2) is 13.1 Å². The van der Waals surface area contributed by atoms with Crippen LogP contribution in [-0.2, 0) is 19.6 Å². The third kappa shape index (κ3) is 5.59. The van der Waals surface area contributed by atoms with Crippen LogP contribution in [0.15, 0.2) is 47.4 Å². The second-order valence-electron chi connectivity index (χ2n) is 7.23. The molecule has 0 aliphatic heterocycles. The van der Waals surface area contributed by atoms with Crippen LogP contribution in [-0.4, -0.2) is 33.4 Å². The van der Waals surface area contributed by atoms with E-state index in [1.54, 1.807) is 37.3 Å². The Bertz CT molecular complexity index is 1050. The molecule has 1 aliphatic rings. The second kappa shape index (κ2) is 9.16. The van der Waals surface area contributed by atoms with E-state index in [9.17, 15) is 18.0 Å². The number of sulfonamides is 1. The fourth-order valence-electron chi connectivity index (χ4n) is 2.93. The Kier molecular flexibility index (Phi) is 6.80. The molecule has 0 spiro atoms. The van der Waals surface area contributed by atoms with Crippen molar-refractivity contribution in [1.29, 1.82) is 0 Å². The Morgan fingerprint density at radius 1 is 1.17 bits per heavy atom. The number of halogens is 1. The molecule has 1 fully saturated rings. The van der Waals surface area contributed by atoms with Crippen LogP contribution in [0, 0.1) is 6.92 Å². The van der Waals surface area contributed by atoms with Gasteiger partial charge >= 0.3 is 5.97 Å². The number of methoxy groups -OCH3 is 1. The Balaban J connectivity index is 1.86. The van der Waals surface area contributed by atoms with Crippen molar-refractivity contribution in [3.63, 3.8) is 0 Å².